The predicted octanol–water partition coefficient (Wildman–Crippen LogP) is 4.31. The maximum atomic E-state index is 13.9. The van der Waals surface area contributed by atoms with Crippen LogP contribution in [0.1, 0.15) is 24.0 Å². The number of benzene rings is 2. The molecule has 1 N–H and O–H groups in total. The first-order valence-electron chi connectivity index (χ1n) is 11.5. The zero-order valence-electron chi connectivity index (χ0n) is 18.9. The lowest BCUT2D eigenvalue weighted by atomic mass is 9.96. The standard InChI is InChI=1S/C25H31F3N4O/c1-30-12-14-32(15-13-30)21-9-10-23(22(16-21)25(26,27)28)29-24(33)20-8-5-11-31(18-20)17-19-6-3-2-4-7-19/h2-4,6-7,9-10,16,20H,5,8,11-15,17-18H2,1H3,(H,29,33). The molecule has 1 atom stereocenters. The SMILES string of the molecule is CN1CCN(c2ccc(NC(=O)C3CCCN(Cc4ccccc4)C3)c(C(F)(F)F)c2)CC1. The van der Waals surface area contributed by atoms with Crippen molar-refractivity contribution in [3.05, 3.63) is 59.7 Å². The van der Waals surface area contributed by atoms with Crippen molar-refractivity contribution in [1.82, 2.24) is 9.80 Å². The number of amides is 1. The number of hydrogen-bond donors (Lipinski definition) is 1. The number of carbonyl (C=O) groups excluding carboxylic acids is 1. The van der Waals surface area contributed by atoms with Gasteiger partial charge in [0.25, 0.3) is 0 Å². The van der Waals surface area contributed by atoms with Crippen LogP contribution in [-0.2, 0) is 17.5 Å². The summed E-state index contributed by atoms with van der Waals surface area (Å²) in [5.74, 6) is -0.675. The smallest absolute Gasteiger partial charge is 0.369 e. The number of carbonyl (C=O) groups is 1. The number of alkyl halides is 3. The lowest BCUT2D eigenvalue weighted by Gasteiger charge is -2.34. The van der Waals surface area contributed by atoms with E-state index in [2.05, 4.69) is 15.1 Å². The number of piperazine rings is 1. The van der Waals surface area contributed by atoms with Gasteiger partial charge in [-0.15, -0.1) is 0 Å². The maximum absolute atomic E-state index is 13.9. The van der Waals surface area contributed by atoms with Gasteiger partial charge in [-0.3, -0.25) is 9.69 Å². The van der Waals surface area contributed by atoms with Crippen molar-refractivity contribution in [2.24, 2.45) is 5.92 Å². The first kappa shape index (κ1) is 23.6. The Morgan fingerprint density at radius 1 is 1.03 bits per heavy atom. The van der Waals surface area contributed by atoms with E-state index in [4.69, 9.17) is 0 Å². The van der Waals surface area contributed by atoms with Crippen LogP contribution >= 0.6 is 0 Å². The first-order valence-corrected chi connectivity index (χ1v) is 11.5. The van der Waals surface area contributed by atoms with Crippen LogP contribution in [0.15, 0.2) is 48.5 Å². The Hall–Kier alpha value is -2.58. The highest BCUT2D eigenvalue weighted by Gasteiger charge is 2.36. The topological polar surface area (TPSA) is 38.8 Å². The molecule has 178 valence electrons. The highest BCUT2D eigenvalue weighted by Crippen LogP contribution is 2.38. The summed E-state index contributed by atoms with van der Waals surface area (Å²) in [6.45, 7) is 5.13. The fourth-order valence-corrected chi connectivity index (χ4v) is 4.63. The summed E-state index contributed by atoms with van der Waals surface area (Å²) in [5.41, 5.74) is 0.757. The monoisotopic (exact) mass is 460 g/mol. The lowest BCUT2D eigenvalue weighted by molar-refractivity contribution is -0.137. The van der Waals surface area contributed by atoms with Crippen molar-refractivity contribution in [2.45, 2.75) is 25.6 Å². The molecule has 0 saturated carbocycles. The van der Waals surface area contributed by atoms with Crippen LogP contribution in [0.25, 0.3) is 0 Å². The number of likely N-dealkylation sites (N-methyl/N-ethyl adjacent to an activating group) is 1. The summed E-state index contributed by atoms with van der Waals surface area (Å²) < 4.78 is 41.6. The second-order valence-corrected chi connectivity index (χ2v) is 9.07. The van der Waals surface area contributed by atoms with E-state index in [9.17, 15) is 18.0 Å². The van der Waals surface area contributed by atoms with E-state index in [1.54, 1.807) is 6.07 Å². The molecule has 8 heteroatoms. The zero-order valence-corrected chi connectivity index (χ0v) is 18.9. The molecule has 4 rings (SSSR count). The Balaban J connectivity index is 1.45. The number of hydrogen-bond acceptors (Lipinski definition) is 4. The van der Waals surface area contributed by atoms with Crippen LogP contribution < -0.4 is 10.2 Å². The van der Waals surface area contributed by atoms with Crippen LogP contribution in [0.5, 0.6) is 0 Å². The summed E-state index contributed by atoms with van der Waals surface area (Å²) in [4.78, 5) is 19.3. The molecule has 2 fully saturated rings. The Labute approximate surface area is 193 Å². The normalized spacial score (nSPS) is 20.6. The van der Waals surface area contributed by atoms with Gasteiger partial charge in [0.2, 0.25) is 5.91 Å². The number of piperidine rings is 1. The number of halogens is 3. The third kappa shape index (κ3) is 6.06. The Morgan fingerprint density at radius 3 is 2.45 bits per heavy atom. The van der Waals surface area contributed by atoms with E-state index in [-0.39, 0.29) is 17.5 Å². The van der Waals surface area contributed by atoms with Gasteiger partial charge in [0.1, 0.15) is 0 Å². The molecule has 0 radical (unpaired) electrons. The first-order chi connectivity index (χ1) is 15.8. The molecular weight excluding hydrogens is 429 g/mol. The van der Waals surface area contributed by atoms with Gasteiger partial charge in [-0.2, -0.15) is 13.2 Å². The number of rotatable bonds is 5. The summed E-state index contributed by atoms with van der Waals surface area (Å²) in [7, 11) is 2.00. The summed E-state index contributed by atoms with van der Waals surface area (Å²) in [5, 5.41) is 2.60. The second kappa shape index (κ2) is 10.1. The number of anilines is 2. The van der Waals surface area contributed by atoms with Gasteiger partial charge in [-0.25, -0.2) is 0 Å². The van der Waals surface area contributed by atoms with Crippen LogP contribution in [-0.4, -0.2) is 62.0 Å². The molecule has 2 aromatic carbocycles. The Kier molecular flexibility index (Phi) is 7.24. The third-order valence-corrected chi connectivity index (χ3v) is 6.56. The van der Waals surface area contributed by atoms with Crippen molar-refractivity contribution in [3.63, 3.8) is 0 Å². The summed E-state index contributed by atoms with van der Waals surface area (Å²) in [6.07, 6.45) is -3.02. The quantitative estimate of drug-likeness (QED) is 0.722. The average molecular weight is 461 g/mol. The molecule has 2 aromatic rings. The predicted molar refractivity (Wildman–Crippen MR) is 124 cm³/mol. The highest BCUT2D eigenvalue weighted by molar-refractivity contribution is 5.94. The van der Waals surface area contributed by atoms with Crippen molar-refractivity contribution in [3.8, 4) is 0 Å². The van der Waals surface area contributed by atoms with Crippen LogP contribution in [0.2, 0.25) is 0 Å². The molecule has 1 unspecified atom stereocenters. The Morgan fingerprint density at radius 2 is 1.76 bits per heavy atom. The molecule has 1 amide bonds. The molecule has 0 bridgehead atoms. The fourth-order valence-electron chi connectivity index (χ4n) is 4.63. The largest absolute Gasteiger partial charge is 0.418 e. The minimum atomic E-state index is -4.54. The van der Waals surface area contributed by atoms with Crippen LogP contribution in [0.3, 0.4) is 0 Å². The summed E-state index contributed by atoms with van der Waals surface area (Å²) in [6, 6.07) is 14.3. The van der Waals surface area contributed by atoms with Crippen LogP contribution in [0, 0.1) is 5.92 Å². The zero-order chi connectivity index (χ0) is 23.4. The van der Waals surface area contributed by atoms with Gasteiger partial charge in [-0.1, -0.05) is 30.3 Å². The van der Waals surface area contributed by atoms with E-state index >= 15 is 0 Å². The van der Waals surface area contributed by atoms with E-state index in [1.165, 1.54) is 12.1 Å². The van der Waals surface area contributed by atoms with Crippen molar-refractivity contribution >= 4 is 17.3 Å². The molecule has 33 heavy (non-hydrogen) atoms. The lowest BCUT2D eigenvalue weighted by Crippen LogP contribution is -2.44. The Bertz CT molecular complexity index is 942. The molecule has 0 spiro atoms. The molecule has 2 aliphatic heterocycles. The van der Waals surface area contributed by atoms with E-state index in [0.717, 1.165) is 38.2 Å². The molecule has 5 nitrogen and oxygen atoms in total. The van der Waals surface area contributed by atoms with Gasteiger partial charge >= 0.3 is 6.18 Å². The van der Waals surface area contributed by atoms with Gasteiger partial charge < -0.3 is 15.1 Å². The van der Waals surface area contributed by atoms with Gasteiger partial charge in [0, 0.05) is 45.0 Å². The van der Waals surface area contributed by atoms with Gasteiger partial charge in [-0.05, 0) is 50.2 Å². The molecule has 0 aromatic heterocycles. The van der Waals surface area contributed by atoms with Gasteiger partial charge in [0.05, 0.1) is 17.2 Å². The van der Waals surface area contributed by atoms with E-state index < -0.39 is 11.7 Å². The molecule has 2 aliphatic rings. The fraction of sp³-hybridized carbons (Fsp3) is 0.480. The second-order valence-electron chi connectivity index (χ2n) is 9.07. The minimum Gasteiger partial charge on any atom is -0.369 e. The van der Waals surface area contributed by atoms with E-state index in [0.29, 0.717) is 31.7 Å². The summed E-state index contributed by atoms with van der Waals surface area (Å²) >= 11 is 0. The van der Waals surface area contributed by atoms with Crippen LogP contribution in [0.4, 0.5) is 24.5 Å². The van der Waals surface area contributed by atoms with E-state index in [1.807, 2.05) is 42.3 Å². The number of likely N-dealkylation sites (tertiary alicyclic amines) is 1. The molecule has 0 aliphatic carbocycles. The van der Waals surface area contributed by atoms with Crippen molar-refractivity contribution in [2.75, 3.05) is 56.5 Å². The van der Waals surface area contributed by atoms with Gasteiger partial charge in [0.15, 0.2) is 0 Å². The molecule has 2 heterocycles. The number of nitrogens with zero attached hydrogens (tertiary/aromatic N) is 3. The average Bonchev–Trinajstić information content (AvgIpc) is 2.80. The third-order valence-electron chi connectivity index (χ3n) is 6.56. The molecule has 2 saturated heterocycles. The number of nitrogens with one attached hydrogen (secondary N) is 1. The minimum absolute atomic E-state index is 0.162. The van der Waals surface area contributed by atoms with Crippen molar-refractivity contribution < 1.29 is 18.0 Å². The molecular formula is C25H31F3N4O. The maximum Gasteiger partial charge on any atom is 0.418 e. The van der Waals surface area contributed by atoms with Crippen molar-refractivity contribution in [1.29, 1.82) is 0 Å². The highest BCUT2D eigenvalue weighted by atomic mass is 19.4.